The molecule has 0 saturated heterocycles. The number of sulfonamides is 1. The lowest BCUT2D eigenvalue weighted by atomic mass is 9.65. The van der Waals surface area contributed by atoms with Crippen molar-refractivity contribution in [2.45, 2.75) is 36.8 Å². The van der Waals surface area contributed by atoms with Crippen molar-refractivity contribution in [2.24, 2.45) is 5.41 Å². The van der Waals surface area contributed by atoms with E-state index in [4.69, 9.17) is 10.5 Å². The van der Waals surface area contributed by atoms with Gasteiger partial charge in [-0.25, -0.2) is 13.1 Å². The summed E-state index contributed by atoms with van der Waals surface area (Å²) in [7, 11) is -2.02. The number of nitrogen functional groups attached to an aromatic ring is 1. The van der Waals surface area contributed by atoms with E-state index < -0.39 is 10.0 Å². The zero-order valence-corrected chi connectivity index (χ0v) is 12.0. The Hall–Kier alpha value is -0.770. The predicted octanol–water partition coefficient (Wildman–Crippen LogP) is 0.212. The summed E-state index contributed by atoms with van der Waals surface area (Å²) in [5.41, 5.74) is 5.14. The average molecular weight is 292 g/mol. The van der Waals surface area contributed by atoms with Crippen molar-refractivity contribution in [3.63, 3.8) is 0 Å². The second kappa shape index (κ2) is 4.41. The maximum absolute atomic E-state index is 12.0. The molecule has 0 spiro atoms. The first kappa shape index (κ1) is 13.7. The number of nitrogens with one attached hydrogen (secondary N) is 1. The standard InChI is InChI=1S/C9H16N4O3S2/c1-9(2)5(4-6(9)16-3)13-18(14,15)8-12-11-7(10)17-8/h5-6,13H,4H2,1-3H3,(H2,10,11). The molecular weight excluding hydrogens is 276 g/mol. The quantitative estimate of drug-likeness (QED) is 0.821. The predicted molar refractivity (Wildman–Crippen MR) is 67.6 cm³/mol. The number of hydrogen-bond donors (Lipinski definition) is 2. The number of ether oxygens (including phenoxy) is 1. The zero-order valence-electron chi connectivity index (χ0n) is 10.4. The highest BCUT2D eigenvalue weighted by Gasteiger charge is 2.50. The van der Waals surface area contributed by atoms with Gasteiger partial charge in [0, 0.05) is 18.6 Å². The van der Waals surface area contributed by atoms with E-state index in [0.29, 0.717) is 6.42 Å². The lowest BCUT2D eigenvalue weighted by Crippen LogP contribution is -2.61. The highest BCUT2D eigenvalue weighted by Crippen LogP contribution is 2.43. The Bertz CT molecular complexity index is 540. The van der Waals surface area contributed by atoms with Crippen LogP contribution in [-0.4, -0.2) is 37.9 Å². The molecule has 1 aliphatic rings. The van der Waals surface area contributed by atoms with Gasteiger partial charge in [0.25, 0.3) is 10.0 Å². The summed E-state index contributed by atoms with van der Waals surface area (Å²) in [4.78, 5) is 0. The number of rotatable bonds is 4. The van der Waals surface area contributed by atoms with Crippen LogP contribution in [0.5, 0.6) is 0 Å². The van der Waals surface area contributed by atoms with Crippen molar-refractivity contribution in [3.8, 4) is 0 Å². The number of aromatic nitrogens is 2. The lowest BCUT2D eigenvalue weighted by Gasteiger charge is -2.50. The van der Waals surface area contributed by atoms with E-state index in [1.165, 1.54) is 0 Å². The summed E-state index contributed by atoms with van der Waals surface area (Å²) < 4.78 is 31.9. The summed E-state index contributed by atoms with van der Waals surface area (Å²) in [5.74, 6) is 0. The van der Waals surface area contributed by atoms with Crippen molar-refractivity contribution in [2.75, 3.05) is 12.8 Å². The first-order valence-corrected chi connectivity index (χ1v) is 7.71. The number of nitrogens with zero attached hydrogens (tertiary/aromatic N) is 2. The molecule has 0 amide bonds. The van der Waals surface area contributed by atoms with Gasteiger partial charge >= 0.3 is 0 Å². The summed E-state index contributed by atoms with van der Waals surface area (Å²) >= 11 is 0.852. The van der Waals surface area contributed by atoms with Gasteiger partial charge in [-0.1, -0.05) is 25.2 Å². The van der Waals surface area contributed by atoms with Gasteiger partial charge in [-0.05, 0) is 6.42 Å². The van der Waals surface area contributed by atoms with Gasteiger partial charge in [0.2, 0.25) is 9.47 Å². The zero-order chi connectivity index (χ0) is 13.6. The van der Waals surface area contributed by atoms with E-state index in [-0.39, 0.29) is 27.0 Å². The molecule has 7 nitrogen and oxygen atoms in total. The third-order valence-electron chi connectivity index (χ3n) is 3.41. The van der Waals surface area contributed by atoms with Gasteiger partial charge in [0.1, 0.15) is 0 Å². The van der Waals surface area contributed by atoms with Gasteiger partial charge in [0.05, 0.1) is 6.10 Å². The number of anilines is 1. The largest absolute Gasteiger partial charge is 0.381 e. The van der Waals surface area contributed by atoms with Crippen molar-refractivity contribution < 1.29 is 13.2 Å². The van der Waals surface area contributed by atoms with Crippen molar-refractivity contribution in [1.82, 2.24) is 14.9 Å². The molecule has 2 rings (SSSR count). The molecule has 2 atom stereocenters. The minimum atomic E-state index is -3.64. The Morgan fingerprint density at radius 1 is 1.50 bits per heavy atom. The maximum atomic E-state index is 12.0. The van der Waals surface area contributed by atoms with Gasteiger partial charge in [-0.3, -0.25) is 0 Å². The lowest BCUT2D eigenvalue weighted by molar-refractivity contribution is -0.0908. The summed E-state index contributed by atoms with van der Waals surface area (Å²) in [6.45, 7) is 3.93. The third-order valence-corrected chi connectivity index (χ3v) is 6.00. The van der Waals surface area contributed by atoms with Crippen LogP contribution in [0.3, 0.4) is 0 Å². The number of methoxy groups -OCH3 is 1. The Morgan fingerprint density at radius 2 is 2.17 bits per heavy atom. The average Bonchev–Trinajstić information content (AvgIpc) is 2.71. The normalized spacial score (nSPS) is 26.8. The van der Waals surface area contributed by atoms with Crippen molar-refractivity contribution in [1.29, 1.82) is 0 Å². The van der Waals surface area contributed by atoms with Crippen LogP contribution in [0.15, 0.2) is 4.34 Å². The van der Waals surface area contributed by atoms with E-state index in [9.17, 15) is 8.42 Å². The third kappa shape index (κ3) is 2.22. The molecule has 1 heterocycles. The Balaban J connectivity index is 2.11. The van der Waals surface area contributed by atoms with Crippen LogP contribution in [-0.2, 0) is 14.8 Å². The summed E-state index contributed by atoms with van der Waals surface area (Å²) in [6.07, 6.45) is 0.710. The van der Waals surface area contributed by atoms with E-state index in [0.717, 1.165) is 11.3 Å². The molecule has 1 aromatic heterocycles. The SMILES string of the molecule is COC1CC(NS(=O)(=O)c2nnc(N)s2)C1(C)C. The van der Waals surface area contributed by atoms with Crippen LogP contribution in [0, 0.1) is 5.41 Å². The molecule has 1 aromatic rings. The molecule has 0 radical (unpaired) electrons. The van der Waals surface area contributed by atoms with Gasteiger partial charge in [-0.2, -0.15) is 0 Å². The monoisotopic (exact) mass is 292 g/mol. The number of hydrogen-bond acceptors (Lipinski definition) is 7. The second-order valence-corrected chi connectivity index (χ2v) is 7.76. The van der Waals surface area contributed by atoms with Crippen molar-refractivity contribution in [3.05, 3.63) is 0 Å². The molecule has 0 bridgehead atoms. The highest BCUT2D eigenvalue weighted by atomic mass is 32.2. The molecule has 18 heavy (non-hydrogen) atoms. The van der Waals surface area contributed by atoms with Crippen LogP contribution >= 0.6 is 11.3 Å². The van der Waals surface area contributed by atoms with E-state index in [1.54, 1.807) is 7.11 Å². The first-order chi connectivity index (χ1) is 8.27. The fourth-order valence-corrected chi connectivity index (χ4v) is 4.26. The molecule has 3 N–H and O–H groups in total. The molecular formula is C9H16N4O3S2. The van der Waals surface area contributed by atoms with Gasteiger partial charge < -0.3 is 10.5 Å². The Labute approximate surface area is 110 Å². The van der Waals surface area contributed by atoms with Gasteiger partial charge in [-0.15, -0.1) is 10.2 Å². The fraction of sp³-hybridized carbons (Fsp3) is 0.778. The molecule has 9 heteroatoms. The molecule has 102 valence electrons. The van der Waals surface area contributed by atoms with E-state index >= 15 is 0 Å². The van der Waals surface area contributed by atoms with Crippen LogP contribution in [0.4, 0.5) is 5.13 Å². The Morgan fingerprint density at radius 3 is 2.61 bits per heavy atom. The summed E-state index contributed by atoms with van der Waals surface area (Å²) in [5, 5.41) is 7.19. The second-order valence-electron chi connectivity index (χ2n) is 4.86. The van der Waals surface area contributed by atoms with Gasteiger partial charge in [0.15, 0.2) is 0 Å². The molecule has 0 aliphatic heterocycles. The van der Waals surface area contributed by atoms with Crippen LogP contribution in [0.2, 0.25) is 0 Å². The van der Waals surface area contributed by atoms with Crippen LogP contribution in [0.1, 0.15) is 20.3 Å². The molecule has 1 aliphatic carbocycles. The van der Waals surface area contributed by atoms with Crippen molar-refractivity contribution >= 4 is 26.5 Å². The minimum absolute atomic E-state index is 0.0599. The van der Waals surface area contributed by atoms with Crippen LogP contribution in [0.25, 0.3) is 0 Å². The topological polar surface area (TPSA) is 107 Å². The van der Waals surface area contributed by atoms with Crippen LogP contribution < -0.4 is 10.5 Å². The van der Waals surface area contributed by atoms with E-state index in [2.05, 4.69) is 14.9 Å². The maximum Gasteiger partial charge on any atom is 0.270 e. The highest BCUT2D eigenvalue weighted by molar-refractivity contribution is 7.91. The Kier molecular flexibility index (Phi) is 3.34. The molecule has 1 fully saturated rings. The molecule has 1 saturated carbocycles. The molecule has 2 unspecified atom stereocenters. The smallest absolute Gasteiger partial charge is 0.270 e. The minimum Gasteiger partial charge on any atom is -0.381 e. The number of nitrogens with two attached hydrogens (primary N) is 1. The first-order valence-electron chi connectivity index (χ1n) is 5.41. The molecule has 0 aromatic carbocycles. The summed E-state index contributed by atoms with van der Waals surface area (Å²) in [6, 6.07) is -0.169. The fourth-order valence-electron chi connectivity index (χ4n) is 2.05. The van der Waals surface area contributed by atoms with E-state index in [1.807, 2.05) is 13.8 Å².